The topological polar surface area (TPSA) is 0 Å². The molecule has 0 amide bonds. The van der Waals surface area contributed by atoms with Crippen LogP contribution in [-0.2, 0) is 18.6 Å². The van der Waals surface area contributed by atoms with E-state index < -0.39 is 0 Å². The van der Waals surface area contributed by atoms with E-state index in [4.69, 9.17) is 0 Å². The summed E-state index contributed by atoms with van der Waals surface area (Å²) in [6.07, 6.45) is 0. The maximum atomic E-state index is 0. The average Bonchev–Trinajstić information content (AvgIpc) is 0. The van der Waals surface area contributed by atoms with E-state index in [0.717, 1.165) is 0 Å². The van der Waals surface area contributed by atoms with Gasteiger partial charge in [-0.2, -0.15) is 0 Å². The van der Waals surface area contributed by atoms with Crippen molar-refractivity contribution < 1.29 is 18.6 Å². The minimum Gasteiger partial charge on any atom is 0 e. The van der Waals surface area contributed by atoms with E-state index in [9.17, 15) is 0 Å². The van der Waals surface area contributed by atoms with Gasteiger partial charge in [0.25, 0.3) is 0 Å². The summed E-state index contributed by atoms with van der Waals surface area (Å²) in [5.74, 6) is 0. The molecular formula is Al7V. The molecule has 22 radical (unpaired) electrons. The van der Waals surface area contributed by atoms with Crippen LogP contribution in [0.4, 0.5) is 0 Å². The van der Waals surface area contributed by atoms with Crippen LogP contribution in [-0.4, -0.2) is 122 Å². The summed E-state index contributed by atoms with van der Waals surface area (Å²) >= 11 is 0. The summed E-state index contributed by atoms with van der Waals surface area (Å²) in [6, 6.07) is 0. The van der Waals surface area contributed by atoms with E-state index in [1.165, 1.54) is 0 Å². The van der Waals surface area contributed by atoms with Crippen molar-refractivity contribution in [3.63, 3.8) is 0 Å². The maximum Gasteiger partial charge on any atom is 0 e. The predicted molar refractivity (Wildman–Crippen MR) is 40.3 cm³/mol. The van der Waals surface area contributed by atoms with Gasteiger partial charge in [0.15, 0.2) is 0 Å². The van der Waals surface area contributed by atoms with Crippen LogP contribution in [0.5, 0.6) is 0 Å². The van der Waals surface area contributed by atoms with Gasteiger partial charge in [0.2, 0.25) is 0 Å². The largest absolute Gasteiger partial charge is 0 e. The van der Waals surface area contributed by atoms with E-state index in [1.807, 2.05) is 0 Å². The molecule has 0 aliphatic rings. The molecular weight excluding hydrogens is 240 g/mol. The van der Waals surface area contributed by atoms with Crippen molar-refractivity contribution >= 4 is 122 Å². The quantitative estimate of drug-likeness (QED) is 0.405. The van der Waals surface area contributed by atoms with Gasteiger partial charge in [0, 0.05) is 140 Å². The standard InChI is InChI=1S/7Al.V. The van der Waals surface area contributed by atoms with E-state index in [-0.39, 0.29) is 140 Å². The number of hydrogen-bond acceptors (Lipinski definition) is 0. The smallest absolute Gasteiger partial charge is 0 e. The van der Waals surface area contributed by atoms with E-state index in [0.29, 0.717) is 0 Å². The molecule has 26 valence electrons. The van der Waals surface area contributed by atoms with E-state index in [1.54, 1.807) is 0 Å². The van der Waals surface area contributed by atoms with Gasteiger partial charge in [0.05, 0.1) is 0 Å². The monoisotopic (exact) mass is 240 g/mol. The zero-order chi connectivity index (χ0) is 0. The Morgan fingerprint density at radius 1 is 0.250 bits per heavy atom. The Bertz CT molecular complexity index is 4.35. The molecule has 0 nitrogen and oxygen atoms in total. The van der Waals surface area contributed by atoms with Crippen molar-refractivity contribution in [1.82, 2.24) is 0 Å². The minimum absolute atomic E-state index is 0. The first kappa shape index (κ1) is 84.7. The zero-order valence-electron chi connectivity index (χ0n) is 4.49. The van der Waals surface area contributed by atoms with Gasteiger partial charge in [0.1, 0.15) is 0 Å². The summed E-state index contributed by atoms with van der Waals surface area (Å²) in [5.41, 5.74) is 0. The van der Waals surface area contributed by atoms with Crippen molar-refractivity contribution in [2.75, 3.05) is 0 Å². The first-order valence-electron chi connectivity index (χ1n) is 0. The fraction of sp³-hybridized carbons (Fsp3) is 0. The van der Waals surface area contributed by atoms with Crippen LogP contribution < -0.4 is 0 Å². The van der Waals surface area contributed by atoms with Crippen LogP contribution in [0.1, 0.15) is 0 Å². The van der Waals surface area contributed by atoms with Gasteiger partial charge in [-0.15, -0.1) is 0 Å². The van der Waals surface area contributed by atoms with Crippen molar-refractivity contribution in [3.8, 4) is 0 Å². The second-order valence-electron chi connectivity index (χ2n) is 0. The Morgan fingerprint density at radius 2 is 0.250 bits per heavy atom. The molecule has 0 saturated heterocycles. The second-order valence-corrected chi connectivity index (χ2v) is 0. The molecule has 0 atom stereocenters. The molecule has 0 N–H and O–H groups in total. The van der Waals surface area contributed by atoms with Crippen molar-refractivity contribution in [3.05, 3.63) is 0 Å². The average molecular weight is 240 g/mol. The molecule has 0 aromatic rings. The van der Waals surface area contributed by atoms with Gasteiger partial charge in [-0.05, 0) is 0 Å². The SMILES string of the molecule is [Al].[Al].[Al].[Al].[Al].[Al].[Al].[V]. The summed E-state index contributed by atoms with van der Waals surface area (Å²) in [6.45, 7) is 0. The zero-order valence-corrected chi connectivity index (χ0v) is 14.0. The van der Waals surface area contributed by atoms with E-state index in [2.05, 4.69) is 0 Å². The first-order valence-corrected chi connectivity index (χ1v) is 0. The molecule has 0 saturated carbocycles. The Hall–Kier alpha value is 4.31. The van der Waals surface area contributed by atoms with E-state index >= 15 is 0 Å². The first-order chi connectivity index (χ1) is 0. The molecule has 0 spiro atoms. The van der Waals surface area contributed by atoms with Gasteiger partial charge in [-0.25, -0.2) is 0 Å². The fourth-order valence-corrected chi connectivity index (χ4v) is 0. The van der Waals surface area contributed by atoms with Crippen LogP contribution in [0, 0.1) is 0 Å². The van der Waals surface area contributed by atoms with Crippen LogP contribution in [0.25, 0.3) is 0 Å². The number of hydrogen-bond donors (Lipinski definition) is 0. The molecule has 8 heavy (non-hydrogen) atoms. The third-order valence-electron chi connectivity index (χ3n) is 0. The summed E-state index contributed by atoms with van der Waals surface area (Å²) in [5, 5.41) is 0. The molecule has 0 unspecified atom stereocenters. The summed E-state index contributed by atoms with van der Waals surface area (Å²) < 4.78 is 0. The third-order valence-corrected chi connectivity index (χ3v) is 0. The Kier molecular flexibility index (Phi) is 685. The predicted octanol–water partition coefficient (Wildman–Crippen LogP) is -2.67. The van der Waals surface area contributed by atoms with Crippen molar-refractivity contribution in [2.45, 2.75) is 0 Å². The molecule has 0 bridgehead atoms. The van der Waals surface area contributed by atoms with Crippen LogP contribution >= 0.6 is 0 Å². The third kappa shape index (κ3) is 48.1. The van der Waals surface area contributed by atoms with Crippen LogP contribution in [0.2, 0.25) is 0 Å². The molecule has 0 rings (SSSR count). The summed E-state index contributed by atoms with van der Waals surface area (Å²) in [7, 11) is 0. The molecule has 8 heteroatoms. The van der Waals surface area contributed by atoms with Crippen LogP contribution in [0.3, 0.4) is 0 Å². The van der Waals surface area contributed by atoms with Gasteiger partial charge in [-0.1, -0.05) is 0 Å². The van der Waals surface area contributed by atoms with Gasteiger partial charge < -0.3 is 0 Å². The van der Waals surface area contributed by atoms with Crippen LogP contribution in [0.15, 0.2) is 0 Å². The van der Waals surface area contributed by atoms with Crippen molar-refractivity contribution in [1.29, 1.82) is 0 Å². The Labute approximate surface area is 137 Å². The van der Waals surface area contributed by atoms with Gasteiger partial charge >= 0.3 is 0 Å². The number of rotatable bonds is 0. The molecule has 0 aromatic carbocycles. The fourth-order valence-electron chi connectivity index (χ4n) is 0. The molecule has 0 heterocycles. The Balaban J connectivity index is 0. The summed E-state index contributed by atoms with van der Waals surface area (Å²) in [4.78, 5) is 0. The van der Waals surface area contributed by atoms with Crippen molar-refractivity contribution in [2.24, 2.45) is 0 Å². The molecule has 0 aliphatic carbocycles. The maximum absolute atomic E-state index is 0. The molecule has 0 fully saturated rings. The Morgan fingerprint density at radius 3 is 0.250 bits per heavy atom. The second kappa shape index (κ2) is 64.7. The minimum atomic E-state index is 0. The normalized spacial score (nSPS) is 0. The molecule has 0 aromatic heterocycles. The molecule has 0 aliphatic heterocycles. The van der Waals surface area contributed by atoms with Gasteiger partial charge in [-0.3, -0.25) is 0 Å².